The number of fused-ring (bicyclic) bond motifs is 1. The number of hydrogen-bond acceptors (Lipinski definition) is 3. The predicted octanol–water partition coefficient (Wildman–Crippen LogP) is 5.64. The number of alkyl halides is 3. The standard InChI is InChI=1S/C19H11ClF3N3O/c20-14-10-13(6-9-17(14)27-19(21,22)23)26-11-24-16-8-7-15(25-18(16)26)12-4-2-1-3-5-12/h1-11H. The van der Waals surface area contributed by atoms with Gasteiger partial charge < -0.3 is 4.74 Å². The Morgan fingerprint density at radius 2 is 1.74 bits per heavy atom. The highest BCUT2D eigenvalue weighted by Crippen LogP contribution is 2.32. The maximum absolute atomic E-state index is 12.4. The largest absolute Gasteiger partial charge is 0.573 e. The highest BCUT2D eigenvalue weighted by molar-refractivity contribution is 6.32. The average molecular weight is 390 g/mol. The number of benzene rings is 2. The Hall–Kier alpha value is -3.06. The Kier molecular flexibility index (Phi) is 4.24. The molecule has 4 aromatic rings. The molecule has 2 aromatic heterocycles. The number of rotatable bonds is 3. The van der Waals surface area contributed by atoms with Crippen LogP contribution in [0.15, 0.2) is 67.0 Å². The molecule has 0 unspecified atom stereocenters. The van der Waals surface area contributed by atoms with Crippen LogP contribution in [0.1, 0.15) is 0 Å². The molecular weight excluding hydrogens is 379 g/mol. The van der Waals surface area contributed by atoms with E-state index in [-0.39, 0.29) is 5.02 Å². The topological polar surface area (TPSA) is 39.9 Å². The molecule has 0 aliphatic carbocycles. The lowest BCUT2D eigenvalue weighted by Crippen LogP contribution is -2.17. The fraction of sp³-hybridized carbons (Fsp3) is 0.0526. The first kappa shape index (κ1) is 17.4. The van der Waals surface area contributed by atoms with Gasteiger partial charge in [-0.05, 0) is 30.3 Å². The third kappa shape index (κ3) is 3.59. The fourth-order valence-corrected chi connectivity index (χ4v) is 2.91. The third-order valence-corrected chi connectivity index (χ3v) is 4.18. The summed E-state index contributed by atoms with van der Waals surface area (Å²) in [5.41, 5.74) is 3.44. The van der Waals surface area contributed by atoms with Crippen molar-refractivity contribution >= 4 is 22.8 Å². The van der Waals surface area contributed by atoms with Gasteiger partial charge in [0, 0.05) is 5.56 Å². The highest BCUT2D eigenvalue weighted by atomic mass is 35.5. The van der Waals surface area contributed by atoms with E-state index in [9.17, 15) is 13.2 Å². The third-order valence-electron chi connectivity index (χ3n) is 3.88. The molecule has 0 bridgehead atoms. The molecule has 0 aliphatic rings. The van der Waals surface area contributed by atoms with Gasteiger partial charge in [0.1, 0.15) is 17.6 Å². The van der Waals surface area contributed by atoms with Gasteiger partial charge in [-0.3, -0.25) is 4.57 Å². The van der Waals surface area contributed by atoms with Crippen LogP contribution in [0.25, 0.3) is 28.1 Å². The molecule has 0 saturated heterocycles. The second kappa shape index (κ2) is 6.59. The van der Waals surface area contributed by atoms with Gasteiger partial charge in [-0.15, -0.1) is 13.2 Å². The van der Waals surface area contributed by atoms with E-state index in [0.29, 0.717) is 16.9 Å². The van der Waals surface area contributed by atoms with Gasteiger partial charge in [0.2, 0.25) is 0 Å². The van der Waals surface area contributed by atoms with Crippen LogP contribution < -0.4 is 4.74 Å². The highest BCUT2D eigenvalue weighted by Gasteiger charge is 2.32. The summed E-state index contributed by atoms with van der Waals surface area (Å²) in [6.07, 6.45) is -3.26. The summed E-state index contributed by atoms with van der Waals surface area (Å²) >= 11 is 5.95. The minimum absolute atomic E-state index is 0.161. The zero-order valence-electron chi connectivity index (χ0n) is 13.6. The molecule has 8 heteroatoms. The van der Waals surface area contributed by atoms with Crippen molar-refractivity contribution < 1.29 is 17.9 Å². The molecule has 136 valence electrons. The molecule has 0 atom stereocenters. The summed E-state index contributed by atoms with van der Waals surface area (Å²) in [4.78, 5) is 8.93. The second-order valence-electron chi connectivity index (χ2n) is 5.68. The number of halogens is 4. The Balaban J connectivity index is 1.77. The number of pyridine rings is 1. The molecule has 0 saturated carbocycles. The smallest absolute Gasteiger partial charge is 0.404 e. The molecule has 0 aliphatic heterocycles. The molecule has 0 spiro atoms. The number of hydrogen-bond donors (Lipinski definition) is 0. The molecule has 0 N–H and O–H groups in total. The maximum atomic E-state index is 12.4. The van der Waals surface area contributed by atoms with Crippen molar-refractivity contribution in [2.75, 3.05) is 0 Å². The van der Waals surface area contributed by atoms with Gasteiger partial charge in [-0.1, -0.05) is 41.9 Å². The van der Waals surface area contributed by atoms with Crippen molar-refractivity contribution in [3.8, 4) is 22.7 Å². The van der Waals surface area contributed by atoms with E-state index >= 15 is 0 Å². The fourth-order valence-electron chi connectivity index (χ4n) is 2.70. The van der Waals surface area contributed by atoms with E-state index in [1.165, 1.54) is 12.1 Å². The van der Waals surface area contributed by atoms with Crippen molar-refractivity contribution in [1.82, 2.24) is 14.5 Å². The Bertz CT molecular complexity index is 1110. The average Bonchev–Trinajstić information content (AvgIpc) is 3.06. The number of ether oxygens (including phenoxy) is 1. The zero-order valence-corrected chi connectivity index (χ0v) is 14.4. The van der Waals surface area contributed by atoms with Crippen LogP contribution >= 0.6 is 11.6 Å². The Labute approximate surface area is 156 Å². The summed E-state index contributed by atoms with van der Waals surface area (Å²) in [5, 5.41) is -0.161. The van der Waals surface area contributed by atoms with Crippen LogP contribution in [0.3, 0.4) is 0 Å². The lowest BCUT2D eigenvalue weighted by molar-refractivity contribution is -0.274. The van der Waals surface area contributed by atoms with E-state index < -0.39 is 12.1 Å². The normalized spacial score (nSPS) is 11.7. The predicted molar refractivity (Wildman–Crippen MR) is 96.0 cm³/mol. The van der Waals surface area contributed by atoms with Crippen LogP contribution in [0, 0.1) is 0 Å². The minimum Gasteiger partial charge on any atom is -0.404 e. The van der Waals surface area contributed by atoms with Crippen molar-refractivity contribution in [3.63, 3.8) is 0 Å². The summed E-state index contributed by atoms with van der Waals surface area (Å²) in [7, 11) is 0. The first-order valence-electron chi connectivity index (χ1n) is 7.86. The second-order valence-corrected chi connectivity index (χ2v) is 6.09. The summed E-state index contributed by atoms with van der Waals surface area (Å²) in [6, 6.07) is 17.3. The first-order chi connectivity index (χ1) is 12.9. The van der Waals surface area contributed by atoms with Crippen LogP contribution in [0.5, 0.6) is 5.75 Å². The Morgan fingerprint density at radius 1 is 0.963 bits per heavy atom. The van der Waals surface area contributed by atoms with E-state index in [0.717, 1.165) is 17.3 Å². The monoisotopic (exact) mass is 389 g/mol. The minimum atomic E-state index is -4.81. The van der Waals surface area contributed by atoms with Crippen molar-refractivity contribution in [1.29, 1.82) is 0 Å². The van der Waals surface area contributed by atoms with Crippen LogP contribution in [0.2, 0.25) is 5.02 Å². The van der Waals surface area contributed by atoms with Gasteiger partial charge in [0.05, 0.1) is 16.4 Å². The molecule has 0 amide bonds. The molecule has 0 radical (unpaired) electrons. The molecule has 27 heavy (non-hydrogen) atoms. The quantitative estimate of drug-likeness (QED) is 0.455. The van der Waals surface area contributed by atoms with Gasteiger partial charge in [0.15, 0.2) is 5.65 Å². The lowest BCUT2D eigenvalue weighted by atomic mass is 10.1. The summed E-state index contributed by atoms with van der Waals surface area (Å²) in [5.74, 6) is -0.463. The van der Waals surface area contributed by atoms with Crippen LogP contribution in [-0.2, 0) is 0 Å². The van der Waals surface area contributed by atoms with E-state index in [1.54, 1.807) is 10.9 Å². The molecule has 0 fully saturated rings. The summed E-state index contributed by atoms with van der Waals surface area (Å²) in [6.45, 7) is 0. The summed E-state index contributed by atoms with van der Waals surface area (Å²) < 4.78 is 42.8. The molecule has 2 aromatic carbocycles. The molecule has 4 rings (SSSR count). The van der Waals surface area contributed by atoms with E-state index in [4.69, 9.17) is 11.6 Å². The van der Waals surface area contributed by atoms with Gasteiger partial charge in [-0.25, -0.2) is 9.97 Å². The van der Waals surface area contributed by atoms with Crippen LogP contribution in [0.4, 0.5) is 13.2 Å². The zero-order chi connectivity index (χ0) is 19.0. The Morgan fingerprint density at radius 3 is 2.44 bits per heavy atom. The van der Waals surface area contributed by atoms with Gasteiger partial charge in [0.25, 0.3) is 0 Å². The maximum Gasteiger partial charge on any atom is 0.573 e. The van der Waals surface area contributed by atoms with Crippen molar-refractivity contribution in [2.24, 2.45) is 0 Å². The SMILES string of the molecule is FC(F)(F)Oc1ccc(-n2cnc3ccc(-c4ccccc4)nc32)cc1Cl. The first-order valence-corrected chi connectivity index (χ1v) is 8.24. The van der Waals surface area contributed by atoms with E-state index in [1.807, 2.05) is 42.5 Å². The number of aromatic nitrogens is 3. The van der Waals surface area contributed by atoms with E-state index in [2.05, 4.69) is 14.7 Å². The van der Waals surface area contributed by atoms with Gasteiger partial charge >= 0.3 is 6.36 Å². The van der Waals surface area contributed by atoms with Crippen LogP contribution in [-0.4, -0.2) is 20.9 Å². The molecule has 2 heterocycles. The number of imidazole rings is 1. The van der Waals surface area contributed by atoms with Gasteiger partial charge in [-0.2, -0.15) is 0 Å². The molecule has 4 nitrogen and oxygen atoms in total. The van der Waals surface area contributed by atoms with Crippen molar-refractivity contribution in [2.45, 2.75) is 6.36 Å². The number of nitrogens with zero attached hydrogens (tertiary/aromatic N) is 3. The lowest BCUT2D eigenvalue weighted by Gasteiger charge is -2.12. The van der Waals surface area contributed by atoms with Crippen molar-refractivity contribution in [3.05, 3.63) is 72.0 Å². The molecular formula is C19H11ClF3N3O.